The number of hydrogen-bond acceptors (Lipinski definition) is 7. The molecular weight excluding hydrogens is 502 g/mol. The van der Waals surface area contributed by atoms with Crippen LogP contribution in [0.2, 0.25) is 0 Å². The van der Waals surface area contributed by atoms with E-state index in [1.165, 1.54) is 12.0 Å². The number of thiazole rings is 1. The number of benzene rings is 2. The summed E-state index contributed by atoms with van der Waals surface area (Å²) in [5, 5.41) is 0. The highest BCUT2D eigenvalue weighted by atomic mass is 32.2. The maximum Gasteiger partial charge on any atom is 0.337 e. The number of aromatic nitrogens is 1. The number of ether oxygens (including phenoxy) is 1. The van der Waals surface area contributed by atoms with E-state index in [-0.39, 0.29) is 11.3 Å². The number of amides is 2. The predicted molar refractivity (Wildman–Crippen MR) is 136 cm³/mol. The standard InChI is InChI=1S/C25H23N3O6S2/c1-3-12-28-20-11-10-18(24(31)34-2)14-21(20)35-25(28)26-22(29)15-36(32,33)16-23(30)27-13-6-8-17-7-4-5-9-19(17)27/h1,4-5,7,9-11,14H,6,8,12-13,15-16H2,2H3. The molecule has 0 aliphatic carbocycles. The van der Waals surface area contributed by atoms with Crippen LogP contribution in [0.3, 0.4) is 0 Å². The summed E-state index contributed by atoms with van der Waals surface area (Å²) < 4.78 is 32.4. The molecule has 0 N–H and O–H groups in total. The van der Waals surface area contributed by atoms with E-state index in [1.54, 1.807) is 34.9 Å². The largest absolute Gasteiger partial charge is 0.465 e. The van der Waals surface area contributed by atoms with Gasteiger partial charge in [-0.25, -0.2) is 13.2 Å². The third-order valence-electron chi connectivity index (χ3n) is 5.67. The number of carbonyl (C=O) groups is 3. The average molecular weight is 526 g/mol. The van der Waals surface area contributed by atoms with Crippen molar-refractivity contribution in [3.05, 3.63) is 58.4 Å². The molecule has 4 rings (SSSR count). The van der Waals surface area contributed by atoms with Gasteiger partial charge < -0.3 is 14.2 Å². The lowest BCUT2D eigenvalue weighted by molar-refractivity contribution is -0.116. The summed E-state index contributed by atoms with van der Waals surface area (Å²) in [4.78, 5) is 42.9. The number of sulfone groups is 1. The van der Waals surface area contributed by atoms with Crippen molar-refractivity contribution in [1.82, 2.24) is 4.57 Å². The number of terminal acetylenes is 1. The summed E-state index contributed by atoms with van der Waals surface area (Å²) in [6.07, 6.45) is 7.02. The van der Waals surface area contributed by atoms with Gasteiger partial charge in [-0.3, -0.25) is 9.59 Å². The highest BCUT2D eigenvalue weighted by Gasteiger charge is 2.28. The summed E-state index contributed by atoms with van der Waals surface area (Å²) in [5.74, 6) is -1.22. The Morgan fingerprint density at radius 2 is 1.94 bits per heavy atom. The lowest BCUT2D eigenvalue weighted by atomic mass is 10.0. The van der Waals surface area contributed by atoms with Crippen LogP contribution in [-0.4, -0.2) is 55.9 Å². The van der Waals surface area contributed by atoms with E-state index in [4.69, 9.17) is 11.2 Å². The molecule has 2 aromatic carbocycles. The molecule has 186 valence electrons. The Morgan fingerprint density at radius 1 is 1.17 bits per heavy atom. The van der Waals surface area contributed by atoms with Gasteiger partial charge in [0.1, 0.15) is 11.5 Å². The minimum Gasteiger partial charge on any atom is -0.465 e. The minimum atomic E-state index is -4.07. The fourth-order valence-electron chi connectivity index (χ4n) is 4.08. The molecule has 11 heteroatoms. The number of para-hydroxylation sites is 1. The average Bonchev–Trinajstić information content (AvgIpc) is 3.18. The van der Waals surface area contributed by atoms with Gasteiger partial charge in [-0.15, -0.1) is 6.42 Å². The zero-order valence-electron chi connectivity index (χ0n) is 19.5. The zero-order chi connectivity index (χ0) is 25.9. The van der Waals surface area contributed by atoms with Gasteiger partial charge in [0.25, 0.3) is 5.91 Å². The lowest BCUT2D eigenvalue weighted by Crippen LogP contribution is -2.40. The first-order valence-corrected chi connectivity index (χ1v) is 13.7. The van der Waals surface area contributed by atoms with E-state index in [1.807, 2.05) is 12.1 Å². The molecule has 1 aliphatic heterocycles. The van der Waals surface area contributed by atoms with Crippen molar-refractivity contribution < 1.29 is 27.5 Å². The molecule has 3 aromatic rings. The topological polar surface area (TPSA) is 115 Å². The molecule has 2 heterocycles. The van der Waals surface area contributed by atoms with Crippen molar-refractivity contribution in [3.8, 4) is 12.3 Å². The van der Waals surface area contributed by atoms with Crippen LogP contribution in [0, 0.1) is 12.3 Å². The first-order valence-electron chi connectivity index (χ1n) is 11.0. The normalized spacial score (nSPS) is 13.8. The van der Waals surface area contributed by atoms with E-state index in [2.05, 4.69) is 10.9 Å². The Kier molecular flexibility index (Phi) is 7.37. The fourth-order valence-corrected chi connectivity index (χ4v) is 6.25. The number of methoxy groups -OCH3 is 1. The van der Waals surface area contributed by atoms with E-state index < -0.39 is 39.1 Å². The fraction of sp³-hybridized carbons (Fsp3) is 0.280. The van der Waals surface area contributed by atoms with E-state index in [0.717, 1.165) is 29.7 Å². The van der Waals surface area contributed by atoms with Crippen LogP contribution in [0.5, 0.6) is 0 Å². The quantitative estimate of drug-likeness (QED) is 0.359. The second-order valence-electron chi connectivity index (χ2n) is 8.16. The van der Waals surface area contributed by atoms with Crippen LogP contribution < -0.4 is 9.70 Å². The zero-order valence-corrected chi connectivity index (χ0v) is 21.1. The van der Waals surface area contributed by atoms with Gasteiger partial charge >= 0.3 is 5.97 Å². The van der Waals surface area contributed by atoms with Crippen LogP contribution in [-0.2, 0) is 37.1 Å². The maximum absolute atomic E-state index is 12.8. The molecule has 0 radical (unpaired) electrons. The van der Waals surface area contributed by atoms with Gasteiger partial charge in [0.2, 0.25) is 5.91 Å². The van der Waals surface area contributed by atoms with Gasteiger partial charge in [0.15, 0.2) is 14.6 Å². The number of anilines is 1. The first-order chi connectivity index (χ1) is 17.2. The van der Waals surface area contributed by atoms with Crippen LogP contribution in [0.4, 0.5) is 5.69 Å². The Bertz CT molecular complexity index is 1580. The molecular formula is C25H23N3O6S2. The molecule has 0 fully saturated rings. The number of esters is 1. The second kappa shape index (κ2) is 10.5. The van der Waals surface area contributed by atoms with Gasteiger partial charge in [0.05, 0.1) is 29.4 Å². The highest BCUT2D eigenvalue weighted by molar-refractivity contribution is 7.92. The van der Waals surface area contributed by atoms with Gasteiger partial charge in [0, 0.05) is 12.2 Å². The molecule has 0 saturated carbocycles. The Hall–Kier alpha value is -3.75. The summed E-state index contributed by atoms with van der Waals surface area (Å²) >= 11 is 1.09. The van der Waals surface area contributed by atoms with Gasteiger partial charge in [-0.2, -0.15) is 4.99 Å². The molecule has 0 atom stereocenters. The Balaban J connectivity index is 1.56. The number of hydrogen-bond donors (Lipinski definition) is 0. The van der Waals surface area contributed by atoms with Crippen LogP contribution in [0.15, 0.2) is 47.5 Å². The van der Waals surface area contributed by atoms with Crippen molar-refractivity contribution in [3.63, 3.8) is 0 Å². The summed E-state index contributed by atoms with van der Waals surface area (Å²) in [6.45, 7) is 0.508. The Labute approximate surface area is 211 Å². The molecule has 1 aromatic heterocycles. The molecule has 0 bridgehead atoms. The highest BCUT2D eigenvalue weighted by Crippen LogP contribution is 2.27. The van der Waals surface area contributed by atoms with Crippen molar-refractivity contribution in [2.75, 3.05) is 30.1 Å². The molecule has 36 heavy (non-hydrogen) atoms. The van der Waals surface area contributed by atoms with E-state index >= 15 is 0 Å². The van der Waals surface area contributed by atoms with Crippen LogP contribution in [0.25, 0.3) is 10.2 Å². The SMILES string of the molecule is C#CCn1c(=NC(=O)CS(=O)(=O)CC(=O)N2CCCc3ccccc32)sc2cc(C(=O)OC)ccc21. The van der Waals surface area contributed by atoms with Crippen molar-refractivity contribution in [1.29, 1.82) is 0 Å². The molecule has 1 aliphatic rings. The molecule has 9 nitrogen and oxygen atoms in total. The Morgan fingerprint density at radius 3 is 2.69 bits per heavy atom. The molecule has 0 saturated heterocycles. The van der Waals surface area contributed by atoms with Crippen LogP contribution in [0.1, 0.15) is 22.3 Å². The van der Waals surface area contributed by atoms with Crippen molar-refractivity contribution in [2.24, 2.45) is 4.99 Å². The summed E-state index contributed by atoms with van der Waals surface area (Å²) in [7, 11) is -2.80. The molecule has 0 spiro atoms. The number of nitrogens with zero attached hydrogens (tertiary/aromatic N) is 3. The smallest absolute Gasteiger partial charge is 0.337 e. The monoisotopic (exact) mass is 525 g/mol. The molecule has 2 amide bonds. The van der Waals surface area contributed by atoms with E-state index in [0.29, 0.717) is 28.0 Å². The third-order valence-corrected chi connectivity index (χ3v) is 8.09. The van der Waals surface area contributed by atoms with E-state index in [9.17, 15) is 22.8 Å². The predicted octanol–water partition coefficient (Wildman–Crippen LogP) is 1.94. The van der Waals surface area contributed by atoms with Gasteiger partial charge in [-0.05, 0) is 42.7 Å². The number of aryl methyl sites for hydroxylation is 1. The summed E-state index contributed by atoms with van der Waals surface area (Å²) in [6, 6.07) is 12.2. The van der Waals surface area contributed by atoms with Gasteiger partial charge in [-0.1, -0.05) is 35.5 Å². The molecule has 0 unspecified atom stereocenters. The number of fused-ring (bicyclic) bond motifs is 2. The summed E-state index contributed by atoms with van der Waals surface area (Å²) in [5.41, 5.74) is 2.64. The third kappa shape index (κ3) is 5.40. The lowest BCUT2D eigenvalue weighted by Gasteiger charge is -2.29. The second-order valence-corrected chi connectivity index (χ2v) is 11.2. The van der Waals surface area contributed by atoms with Crippen molar-refractivity contribution in [2.45, 2.75) is 19.4 Å². The first kappa shape index (κ1) is 25.3. The minimum absolute atomic E-state index is 0.0866. The number of carbonyl (C=O) groups excluding carboxylic acids is 3. The van der Waals surface area contributed by atoms with Crippen molar-refractivity contribution >= 4 is 54.9 Å². The number of rotatable bonds is 6. The maximum atomic E-state index is 12.8. The van der Waals surface area contributed by atoms with Crippen LogP contribution >= 0.6 is 11.3 Å².